The molecule has 0 bridgehead atoms. The van der Waals surface area contributed by atoms with Gasteiger partial charge in [0.1, 0.15) is 5.15 Å². The molecule has 4 heteroatoms. The van der Waals surface area contributed by atoms with Crippen LogP contribution in [0.4, 0.5) is 0 Å². The molecule has 0 amide bonds. The number of ether oxygens (including phenoxy) is 1. The minimum absolute atomic E-state index is 0.441. The van der Waals surface area contributed by atoms with E-state index in [1.54, 1.807) is 25.6 Å². The van der Waals surface area contributed by atoms with E-state index < -0.39 is 0 Å². The lowest BCUT2D eigenvalue weighted by molar-refractivity contribution is 0.341. The van der Waals surface area contributed by atoms with Gasteiger partial charge in [0.25, 0.3) is 0 Å². The molecule has 0 saturated carbocycles. The second-order valence-corrected chi connectivity index (χ2v) is 4.40. The Morgan fingerprint density at radius 3 is 2.50 bits per heavy atom. The number of pyridine rings is 1. The third kappa shape index (κ3) is 2.84. The van der Waals surface area contributed by atoms with Crippen molar-refractivity contribution in [3.63, 3.8) is 0 Å². The van der Waals surface area contributed by atoms with Gasteiger partial charge >= 0.3 is 0 Å². The van der Waals surface area contributed by atoms with E-state index in [0.717, 1.165) is 16.7 Å². The minimum Gasteiger partial charge on any atom is -0.504 e. The monoisotopic (exact) mass is 279 g/mol. The summed E-state index contributed by atoms with van der Waals surface area (Å²) in [6, 6.07) is 9.48. The van der Waals surface area contributed by atoms with Gasteiger partial charge in [0.05, 0.1) is 13.4 Å². The highest BCUT2D eigenvalue weighted by Crippen LogP contribution is 2.29. The fourth-order valence-electron chi connectivity index (χ4n) is 1.62. The standard InChI is InChI=1S/C14H11Cl2NO/c1-18-9-7-13-12(6-8-17-14(13)16)10-2-4-11(15)5-3-10/h2-9H,1H3. The molecule has 0 aliphatic rings. The summed E-state index contributed by atoms with van der Waals surface area (Å²) in [5.74, 6) is 0. The average Bonchev–Trinajstić information content (AvgIpc) is 2.38. The van der Waals surface area contributed by atoms with Crippen molar-refractivity contribution in [3.05, 3.63) is 58.5 Å². The van der Waals surface area contributed by atoms with Gasteiger partial charge in [0.2, 0.25) is 0 Å². The minimum atomic E-state index is 0.441. The maximum atomic E-state index is 6.10. The van der Waals surface area contributed by atoms with Crippen LogP contribution in [0.15, 0.2) is 42.8 Å². The van der Waals surface area contributed by atoms with Gasteiger partial charge in [-0.05, 0) is 35.4 Å². The molecule has 0 aliphatic heterocycles. The van der Waals surface area contributed by atoms with Crippen molar-refractivity contribution >= 4 is 29.3 Å². The quantitative estimate of drug-likeness (QED) is 0.602. The zero-order chi connectivity index (χ0) is 13.0. The van der Waals surface area contributed by atoms with Crippen LogP contribution in [0.1, 0.15) is 5.56 Å². The number of hydrogen-bond donors (Lipinski definition) is 0. The molecule has 0 unspecified atom stereocenters. The maximum absolute atomic E-state index is 6.10. The van der Waals surface area contributed by atoms with E-state index in [2.05, 4.69) is 4.98 Å². The van der Waals surface area contributed by atoms with Gasteiger partial charge in [-0.1, -0.05) is 35.3 Å². The molecular formula is C14H11Cl2NO. The summed E-state index contributed by atoms with van der Waals surface area (Å²) < 4.78 is 4.92. The first-order chi connectivity index (χ1) is 8.72. The summed E-state index contributed by atoms with van der Waals surface area (Å²) in [7, 11) is 1.59. The normalized spacial score (nSPS) is 10.8. The number of methoxy groups -OCH3 is 1. The molecule has 0 N–H and O–H groups in total. The number of halogens is 2. The molecule has 2 nitrogen and oxygen atoms in total. The Labute approximate surface area is 116 Å². The Bertz CT molecular complexity index is 565. The fraction of sp³-hybridized carbons (Fsp3) is 0.0714. The van der Waals surface area contributed by atoms with E-state index >= 15 is 0 Å². The Morgan fingerprint density at radius 2 is 1.83 bits per heavy atom. The summed E-state index contributed by atoms with van der Waals surface area (Å²) in [6.45, 7) is 0. The summed E-state index contributed by atoms with van der Waals surface area (Å²) in [5, 5.41) is 1.14. The number of benzene rings is 1. The molecule has 0 fully saturated rings. The average molecular weight is 280 g/mol. The summed E-state index contributed by atoms with van der Waals surface area (Å²) >= 11 is 12.0. The smallest absolute Gasteiger partial charge is 0.136 e. The highest BCUT2D eigenvalue weighted by atomic mass is 35.5. The van der Waals surface area contributed by atoms with Crippen LogP contribution in [-0.4, -0.2) is 12.1 Å². The first-order valence-corrected chi connectivity index (χ1v) is 6.08. The molecule has 18 heavy (non-hydrogen) atoms. The number of hydrogen-bond acceptors (Lipinski definition) is 2. The van der Waals surface area contributed by atoms with Crippen LogP contribution < -0.4 is 0 Å². The molecule has 1 aromatic heterocycles. The van der Waals surface area contributed by atoms with Crippen molar-refractivity contribution < 1.29 is 4.74 Å². The fourth-order valence-corrected chi connectivity index (χ4v) is 1.97. The van der Waals surface area contributed by atoms with Crippen LogP contribution in [-0.2, 0) is 4.74 Å². The molecule has 0 saturated heterocycles. The van der Waals surface area contributed by atoms with Crippen molar-refractivity contribution in [3.8, 4) is 11.1 Å². The van der Waals surface area contributed by atoms with Gasteiger partial charge in [-0.3, -0.25) is 0 Å². The molecule has 2 aromatic rings. The first kappa shape index (κ1) is 12.9. The van der Waals surface area contributed by atoms with E-state index in [9.17, 15) is 0 Å². The topological polar surface area (TPSA) is 22.1 Å². The lowest BCUT2D eigenvalue weighted by Gasteiger charge is -2.07. The maximum Gasteiger partial charge on any atom is 0.136 e. The van der Waals surface area contributed by atoms with Crippen LogP contribution in [0.2, 0.25) is 10.2 Å². The van der Waals surface area contributed by atoms with Crippen LogP contribution in [0, 0.1) is 0 Å². The molecule has 0 aliphatic carbocycles. The molecule has 1 aromatic carbocycles. The van der Waals surface area contributed by atoms with Gasteiger partial charge in [-0.15, -0.1) is 0 Å². The Kier molecular flexibility index (Phi) is 4.24. The van der Waals surface area contributed by atoms with Crippen molar-refractivity contribution in [2.45, 2.75) is 0 Å². The Morgan fingerprint density at radius 1 is 1.11 bits per heavy atom. The highest BCUT2D eigenvalue weighted by Gasteiger charge is 2.07. The second-order valence-electron chi connectivity index (χ2n) is 3.61. The zero-order valence-electron chi connectivity index (χ0n) is 9.73. The zero-order valence-corrected chi connectivity index (χ0v) is 11.2. The predicted molar refractivity (Wildman–Crippen MR) is 75.7 cm³/mol. The van der Waals surface area contributed by atoms with Crippen molar-refractivity contribution in [1.29, 1.82) is 0 Å². The molecular weight excluding hydrogens is 269 g/mol. The van der Waals surface area contributed by atoms with Gasteiger partial charge < -0.3 is 4.74 Å². The number of rotatable bonds is 3. The van der Waals surface area contributed by atoms with Crippen molar-refractivity contribution in [2.24, 2.45) is 0 Å². The van der Waals surface area contributed by atoms with Crippen LogP contribution in [0.5, 0.6) is 0 Å². The van der Waals surface area contributed by atoms with Crippen LogP contribution in [0.3, 0.4) is 0 Å². The van der Waals surface area contributed by atoms with Crippen LogP contribution in [0.25, 0.3) is 17.2 Å². The van der Waals surface area contributed by atoms with Gasteiger partial charge in [0.15, 0.2) is 0 Å². The predicted octanol–water partition coefficient (Wildman–Crippen LogP) is 4.67. The van der Waals surface area contributed by atoms with Gasteiger partial charge in [0, 0.05) is 16.8 Å². The largest absolute Gasteiger partial charge is 0.504 e. The third-order valence-corrected chi connectivity index (χ3v) is 3.02. The SMILES string of the molecule is COC=Cc1c(-c2ccc(Cl)cc2)ccnc1Cl. The van der Waals surface area contributed by atoms with E-state index in [0.29, 0.717) is 10.2 Å². The second kappa shape index (κ2) is 5.89. The van der Waals surface area contributed by atoms with Crippen molar-refractivity contribution in [2.75, 3.05) is 7.11 Å². The number of nitrogens with zero attached hydrogens (tertiary/aromatic N) is 1. The highest BCUT2D eigenvalue weighted by molar-refractivity contribution is 6.31. The summed E-state index contributed by atoms with van der Waals surface area (Å²) in [6.07, 6.45) is 5.04. The lowest BCUT2D eigenvalue weighted by Crippen LogP contribution is -1.87. The lowest BCUT2D eigenvalue weighted by atomic mass is 10.0. The molecule has 0 atom stereocenters. The Hall–Kier alpha value is -1.51. The third-order valence-electron chi connectivity index (χ3n) is 2.47. The number of aromatic nitrogens is 1. The molecule has 1 heterocycles. The summed E-state index contributed by atoms with van der Waals surface area (Å²) in [4.78, 5) is 4.07. The molecule has 0 spiro atoms. The molecule has 92 valence electrons. The summed E-state index contributed by atoms with van der Waals surface area (Å²) in [5.41, 5.74) is 2.84. The van der Waals surface area contributed by atoms with Gasteiger partial charge in [-0.2, -0.15) is 0 Å². The van der Waals surface area contributed by atoms with E-state index in [1.807, 2.05) is 30.3 Å². The van der Waals surface area contributed by atoms with Crippen LogP contribution >= 0.6 is 23.2 Å². The molecule has 2 rings (SSSR count). The van der Waals surface area contributed by atoms with Crippen molar-refractivity contribution in [1.82, 2.24) is 4.98 Å². The molecule has 0 radical (unpaired) electrons. The Balaban J connectivity index is 2.53. The van der Waals surface area contributed by atoms with E-state index in [1.165, 1.54) is 0 Å². The van der Waals surface area contributed by atoms with E-state index in [4.69, 9.17) is 27.9 Å². The van der Waals surface area contributed by atoms with E-state index in [-0.39, 0.29) is 0 Å². The van der Waals surface area contributed by atoms with Gasteiger partial charge in [-0.25, -0.2) is 4.98 Å². The first-order valence-electron chi connectivity index (χ1n) is 5.32.